The van der Waals surface area contributed by atoms with Gasteiger partial charge in [-0.25, -0.2) is 4.79 Å². The summed E-state index contributed by atoms with van der Waals surface area (Å²) >= 11 is 0. The van der Waals surface area contributed by atoms with E-state index in [2.05, 4.69) is 0 Å². The predicted molar refractivity (Wildman–Crippen MR) is 39.9 cm³/mol. The number of ether oxygens (including phenoxy) is 1. The second kappa shape index (κ2) is 4.27. The highest BCUT2D eigenvalue weighted by molar-refractivity contribution is 5.77. The van der Waals surface area contributed by atoms with Crippen LogP contribution in [0.1, 0.15) is 12.8 Å². The van der Waals surface area contributed by atoms with Crippen LogP contribution >= 0.6 is 0 Å². The molecule has 0 aromatic rings. The molecule has 0 radical (unpaired) electrons. The Kier molecular flexibility index (Phi) is 4.02. The molecule has 0 bridgehead atoms. The van der Waals surface area contributed by atoms with Gasteiger partial charge in [0.1, 0.15) is 0 Å². The third-order valence-electron chi connectivity index (χ3n) is 1.34. The summed E-state index contributed by atoms with van der Waals surface area (Å²) in [5.41, 5.74) is 8.83. The maximum atomic E-state index is 10.3. The highest BCUT2D eigenvalue weighted by Crippen LogP contribution is 2.02. The van der Waals surface area contributed by atoms with Crippen LogP contribution in [0.5, 0.6) is 0 Å². The van der Waals surface area contributed by atoms with E-state index in [4.69, 9.17) is 21.3 Å². The van der Waals surface area contributed by atoms with E-state index >= 15 is 0 Å². The normalized spacial score (nSPS) is 11.5. The van der Waals surface area contributed by atoms with Crippen LogP contribution in [0.4, 0.5) is 0 Å². The molecule has 0 fully saturated rings. The zero-order valence-electron chi connectivity index (χ0n) is 6.54. The van der Waals surface area contributed by atoms with Crippen molar-refractivity contribution >= 4 is 5.97 Å². The lowest BCUT2D eigenvalue weighted by Gasteiger charge is -2.18. The highest BCUT2D eigenvalue weighted by atomic mass is 16.5. The molecule has 0 heterocycles. The summed E-state index contributed by atoms with van der Waals surface area (Å²) in [5, 5.41) is 8.45. The molecular weight excluding hydrogens is 148 g/mol. The Morgan fingerprint density at radius 3 is 2.55 bits per heavy atom. The van der Waals surface area contributed by atoms with Gasteiger partial charge in [-0.1, -0.05) is 0 Å². The van der Waals surface area contributed by atoms with Crippen LogP contribution < -0.4 is 11.5 Å². The van der Waals surface area contributed by atoms with Gasteiger partial charge in [-0.2, -0.15) is 0 Å². The number of carboxylic acids is 1. The third-order valence-corrected chi connectivity index (χ3v) is 1.34. The molecule has 0 amide bonds. The lowest BCUT2D eigenvalue weighted by molar-refractivity contribution is -0.143. The average molecular weight is 162 g/mol. The summed E-state index contributed by atoms with van der Waals surface area (Å²) < 4.78 is 4.71. The van der Waals surface area contributed by atoms with E-state index in [9.17, 15) is 4.79 Å². The SMILES string of the molecule is COCCCC(N)(N)C(=O)O. The first kappa shape index (κ1) is 10.3. The number of rotatable bonds is 5. The Bertz CT molecular complexity index is 136. The summed E-state index contributed by atoms with van der Waals surface area (Å²) in [4.78, 5) is 10.3. The number of hydrogen-bond acceptors (Lipinski definition) is 4. The fourth-order valence-corrected chi connectivity index (χ4v) is 0.616. The topological polar surface area (TPSA) is 98.6 Å². The molecule has 0 aromatic heterocycles. The first-order valence-electron chi connectivity index (χ1n) is 3.31. The second-order valence-corrected chi connectivity index (χ2v) is 2.44. The molecule has 0 aromatic carbocycles. The molecule has 0 saturated heterocycles. The van der Waals surface area contributed by atoms with Gasteiger partial charge in [-0.05, 0) is 12.8 Å². The molecule has 0 spiro atoms. The van der Waals surface area contributed by atoms with Gasteiger partial charge in [0.05, 0.1) is 0 Å². The predicted octanol–water partition coefficient (Wildman–Crippen LogP) is -0.889. The van der Waals surface area contributed by atoms with Crippen molar-refractivity contribution < 1.29 is 14.6 Å². The Balaban J connectivity index is 3.64. The van der Waals surface area contributed by atoms with Gasteiger partial charge in [0.15, 0.2) is 5.66 Å². The molecule has 0 unspecified atom stereocenters. The van der Waals surface area contributed by atoms with Crippen LogP contribution in [-0.2, 0) is 9.53 Å². The molecule has 0 atom stereocenters. The molecule has 0 rings (SSSR count). The monoisotopic (exact) mass is 162 g/mol. The van der Waals surface area contributed by atoms with Gasteiger partial charge in [-0.15, -0.1) is 0 Å². The van der Waals surface area contributed by atoms with Crippen LogP contribution in [0.15, 0.2) is 0 Å². The fraction of sp³-hybridized carbons (Fsp3) is 0.833. The van der Waals surface area contributed by atoms with Gasteiger partial charge < -0.3 is 21.3 Å². The van der Waals surface area contributed by atoms with E-state index in [1.54, 1.807) is 0 Å². The van der Waals surface area contributed by atoms with Crippen molar-refractivity contribution in [3.05, 3.63) is 0 Å². The van der Waals surface area contributed by atoms with E-state index in [0.717, 1.165) is 0 Å². The van der Waals surface area contributed by atoms with Crippen LogP contribution in [-0.4, -0.2) is 30.5 Å². The van der Waals surface area contributed by atoms with Gasteiger partial charge in [0.25, 0.3) is 0 Å². The van der Waals surface area contributed by atoms with Gasteiger partial charge in [0.2, 0.25) is 0 Å². The highest BCUT2D eigenvalue weighted by Gasteiger charge is 2.27. The number of aliphatic carboxylic acids is 1. The van der Waals surface area contributed by atoms with Crippen LogP contribution in [0.25, 0.3) is 0 Å². The maximum Gasteiger partial charge on any atom is 0.338 e. The van der Waals surface area contributed by atoms with Gasteiger partial charge in [-0.3, -0.25) is 0 Å². The molecule has 5 nitrogen and oxygen atoms in total. The Morgan fingerprint density at radius 1 is 1.64 bits per heavy atom. The summed E-state index contributed by atoms with van der Waals surface area (Å²) in [6, 6.07) is 0. The smallest absolute Gasteiger partial charge is 0.338 e. The van der Waals surface area contributed by atoms with Crippen LogP contribution in [0.2, 0.25) is 0 Å². The van der Waals surface area contributed by atoms with Crippen LogP contribution in [0, 0.1) is 0 Å². The van der Waals surface area contributed by atoms with Crippen molar-refractivity contribution in [2.45, 2.75) is 18.5 Å². The van der Waals surface area contributed by atoms with Gasteiger partial charge >= 0.3 is 5.97 Å². The molecule has 0 aliphatic heterocycles. The van der Waals surface area contributed by atoms with Crippen molar-refractivity contribution in [3.8, 4) is 0 Å². The summed E-state index contributed by atoms with van der Waals surface area (Å²) in [6.45, 7) is 0.476. The minimum absolute atomic E-state index is 0.218. The first-order chi connectivity index (χ1) is 5.00. The molecule has 11 heavy (non-hydrogen) atoms. The largest absolute Gasteiger partial charge is 0.479 e. The Morgan fingerprint density at radius 2 is 2.18 bits per heavy atom. The number of carbonyl (C=O) groups is 1. The Hall–Kier alpha value is -0.650. The van der Waals surface area contributed by atoms with E-state index in [-0.39, 0.29) is 6.42 Å². The second-order valence-electron chi connectivity index (χ2n) is 2.44. The quantitative estimate of drug-likeness (QED) is 0.360. The van der Waals surface area contributed by atoms with E-state index in [1.807, 2.05) is 0 Å². The van der Waals surface area contributed by atoms with E-state index < -0.39 is 11.6 Å². The minimum atomic E-state index is -1.61. The number of carboxylic acid groups (broad SMARTS) is 1. The fourth-order valence-electron chi connectivity index (χ4n) is 0.616. The Labute approximate surface area is 65.3 Å². The third kappa shape index (κ3) is 3.92. The zero-order chi connectivity index (χ0) is 8.91. The molecule has 5 N–H and O–H groups in total. The van der Waals surface area contributed by atoms with Crippen molar-refractivity contribution in [1.82, 2.24) is 0 Å². The van der Waals surface area contributed by atoms with Crippen molar-refractivity contribution in [3.63, 3.8) is 0 Å². The minimum Gasteiger partial charge on any atom is -0.479 e. The molecule has 5 heteroatoms. The molecule has 0 aliphatic carbocycles. The van der Waals surface area contributed by atoms with E-state index in [1.165, 1.54) is 7.11 Å². The molecule has 66 valence electrons. The number of hydrogen-bond donors (Lipinski definition) is 3. The molecule has 0 saturated carbocycles. The summed E-state index contributed by atoms with van der Waals surface area (Å²) in [7, 11) is 1.54. The lowest BCUT2D eigenvalue weighted by Crippen LogP contribution is -2.56. The number of nitrogens with two attached hydrogens (primary N) is 2. The molecule has 0 aliphatic rings. The molecular formula is C6H14N2O3. The van der Waals surface area contributed by atoms with Crippen LogP contribution in [0.3, 0.4) is 0 Å². The summed E-state index contributed by atoms with van der Waals surface area (Å²) in [6.07, 6.45) is 0.770. The average Bonchev–Trinajstić information content (AvgIpc) is 1.88. The maximum absolute atomic E-state index is 10.3. The zero-order valence-corrected chi connectivity index (χ0v) is 6.54. The van der Waals surface area contributed by atoms with Crippen molar-refractivity contribution in [1.29, 1.82) is 0 Å². The van der Waals surface area contributed by atoms with Crippen molar-refractivity contribution in [2.75, 3.05) is 13.7 Å². The van der Waals surface area contributed by atoms with Gasteiger partial charge in [0, 0.05) is 13.7 Å². The standard InChI is InChI=1S/C6H14N2O3/c1-11-4-2-3-6(7,8)5(9)10/h2-4,7-8H2,1H3,(H,9,10). The summed E-state index contributed by atoms with van der Waals surface area (Å²) in [5.74, 6) is -1.19. The lowest BCUT2D eigenvalue weighted by atomic mass is 10.1. The number of methoxy groups -OCH3 is 1. The van der Waals surface area contributed by atoms with Crippen molar-refractivity contribution in [2.24, 2.45) is 11.5 Å². The van der Waals surface area contributed by atoms with E-state index in [0.29, 0.717) is 13.0 Å². The first-order valence-corrected chi connectivity index (χ1v) is 3.31.